The van der Waals surface area contributed by atoms with Crippen molar-refractivity contribution in [2.45, 2.75) is 22.1 Å². The lowest BCUT2D eigenvalue weighted by molar-refractivity contribution is -0.116. The Labute approximate surface area is 98.6 Å². The lowest BCUT2D eigenvalue weighted by Crippen LogP contribution is -2.01. The van der Waals surface area contributed by atoms with Crippen LogP contribution >= 0.6 is 36.0 Å². The third-order valence-electron chi connectivity index (χ3n) is 1.85. The molecular weight excluding hydrogens is 236 g/mol. The number of thiol groups is 1. The molecule has 1 nitrogen and oxygen atoms in total. The predicted molar refractivity (Wildman–Crippen MR) is 64.8 cm³/mol. The van der Waals surface area contributed by atoms with Gasteiger partial charge in [-0.1, -0.05) is 6.07 Å². The number of rotatable bonds is 3. The molecule has 0 heterocycles. The van der Waals surface area contributed by atoms with Crippen LogP contribution in [0, 0.1) is 0 Å². The maximum absolute atomic E-state index is 11.0. The van der Waals surface area contributed by atoms with E-state index in [-0.39, 0.29) is 5.78 Å². The summed E-state index contributed by atoms with van der Waals surface area (Å²) < 4.78 is 0. The molecule has 0 spiro atoms. The second kappa shape index (κ2) is 5.10. The van der Waals surface area contributed by atoms with E-state index in [9.17, 15) is 4.79 Å². The molecule has 0 aliphatic carbocycles. The van der Waals surface area contributed by atoms with Crippen LogP contribution in [0.3, 0.4) is 0 Å². The van der Waals surface area contributed by atoms with Crippen molar-refractivity contribution in [2.75, 3.05) is 6.26 Å². The Morgan fingerprint density at radius 1 is 1.57 bits per heavy atom. The number of carbonyl (C=O) groups is 1. The molecule has 0 radical (unpaired) electrons. The van der Waals surface area contributed by atoms with E-state index in [2.05, 4.69) is 12.6 Å². The van der Waals surface area contributed by atoms with Gasteiger partial charge in [-0.2, -0.15) is 0 Å². The lowest BCUT2D eigenvalue weighted by atomic mass is 10.1. The summed E-state index contributed by atoms with van der Waals surface area (Å²) in [6, 6.07) is 5.64. The molecule has 14 heavy (non-hydrogen) atoms. The van der Waals surface area contributed by atoms with Gasteiger partial charge in [0.1, 0.15) is 5.38 Å². The zero-order valence-electron chi connectivity index (χ0n) is 7.95. The first-order valence-corrected chi connectivity index (χ1v) is 6.18. The van der Waals surface area contributed by atoms with Gasteiger partial charge in [0.25, 0.3) is 0 Å². The number of thioether (sulfide) groups is 1. The predicted octanol–water partition coefficient (Wildman–Crippen LogP) is 3.57. The molecule has 1 atom stereocenters. The van der Waals surface area contributed by atoms with E-state index in [1.165, 1.54) is 6.92 Å². The number of benzene rings is 1. The van der Waals surface area contributed by atoms with Gasteiger partial charge >= 0.3 is 0 Å². The highest BCUT2D eigenvalue weighted by Crippen LogP contribution is 2.29. The van der Waals surface area contributed by atoms with Gasteiger partial charge in [-0.25, -0.2) is 0 Å². The van der Waals surface area contributed by atoms with Crippen LogP contribution < -0.4 is 0 Å². The normalized spacial score (nSPS) is 12.6. The monoisotopic (exact) mass is 246 g/mol. The standard InChI is InChI=1S/C10H11ClOS2/c1-6(12)10(11)7-3-4-9(14-2)8(13)5-7/h3-5,10,13H,1-2H3. The van der Waals surface area contributed by atoms with Crippen LogP contribution in [0.15, 0.2) is 28.0 Å². The summed E-state index contributed by atoms with van der Waals surface area (Å²) >= 11 is 11.9. The zero-order chi connectivity index (χ0) is 10.7. The molecule has 1 aromatic rings. The highest BCUT2D eigenvalue weighted by Gasteiger charge is 2.13. The van der Waals surface area contributed by atoms with Crippen LogP contribution in [-0.2, 0) is 4.79 Å². The number of hydrogen-bond acceptors (Lipinski definition) is 3. The average molecular weight is 247 g/mol. The summed E-state index contributed by atoms with van der Waals surface area (Å²) in [4.78, 5) is 13.0. The van der Waals surface area contributed by atoms with Gasteiger partial charge in [0.05, 0.1) is 0 Å². The van der Waals surface area contributed by atoms with Gasteiger partial charge in [-0.3, -0.25) is 4.79 Å². The van der Waals surface area contributed by atoms with E-state index in [0.29, 0.717) is 0 Å². The van der Waals surface area contributed by atoms with Crippen molar-refractivity contribution in [2.24, 2.45) is 0 Å². The number of carbonyl (C=O) groups excluding carboxylic acids is 1. The fraction of sp³-hybridized carbons (Fsp3) is 0.300. The van der Waals surface area contributed by atoms with Crippen LogP contribution in [0.5, 0.6) is 0 Å². The Balaban J connectivity index is 3.02. The summed E-state index contributed by atoms with van der Waals surface area (Å²) in [6.07, 6.45) is 1.98. The lowest BCUT2D eigenvalue weighted by Gasteiger charge is -2.08. The van der Waals surface area contributed by atoms with Gasteiger partial charge < -0.3 is 0 Å². The molecule has 0 saturated heterocycles. The first-order valence-electron chi connectivity index (χ1n) is 4.07. The maximum atomic E-state index is 11.0. The highest BCUT2D eigenvalue weighted by atomic mass is 35.5. The van der Waals surface area contributed by atoms with Gasteiger partial charge in [-0.05, 0) is 30.9 Å². The van der Waals surface area contributed by atoms with Crippen LogP contribution in [-0.4, -0.2) is 12.0 Å². The van der Waals surface area contributed by atoms with Crippen LogP contribution in [0.2, 0.25) is 0 Å². The van der Waals surface area contributed by atoms with Crippen molar-refractivity contribution < 1.29 is 4.79 Å². The highest BCUT2D eigenvalue weighted by molar-refractivity contribution is 7.99. The first-order chi connectivity index (χ1) is 6.56. The Bertz CT molecular complexity index is 352. The third-order valence-corrected chi connectivity index (χ3v) is 3.73. The molecule has 0 N–H and O–H groups in total. The summed E-state index contributed by atoms with van der Waals surface area (Å²) in [6.45, 7) is 1.48. The van der Waals surface area contributed by atoms with Crippen molar-refractivity contribution in [3.05, 3.63) is 23.8 Å². The average Bonchev–Trinajstić information content (AvgIpc) is 2.16. The Hall–Kier alpha value is -0.120. The van der Waals surface area contributed by atoms with E-state index in [0.717, 1.165) is 15.4 Å². The molecule has 0 fully saturated rings. The van der Waals surface area contributed by atoms with E-state index >= 15 is 0 Å². The fourth-order valence-electron chi connectivity index (χ4n) is 1.10. The number of ketones is 1. The van der Waals surface area contributed by atoms with Gasteiger partial charge in [-0.15, -0.1) is 36.0 Å². The second-order valence-electron chi connectivity index (χ2n) is 2.90. The van der Waals surface area contributed by atoms with Crippen molar-refractivity contribution in [1.82, 2.24) is 0 Å². The number of alkyl halides is 1. The minimum absolute atomic E-state index is 0.0451. The third kappa shape index (κ3) is 2.69. The van der Waals surface area contributed by atoms with E-state index in [4.69, 9.17) is 11.6 Å². The zero-order valence-corrected chi connectivity index (χ0v) is 10.4. The number of halogens is 1. The molecule has 0 saturated carbocycles. The van der Waals surface area contributed by atoms with Crippen molar-refractivity contribution in [3.63, 3.8) is 0 Å². The number of Topliss-reactive ketones (excluding diaryl/α,β-unsaturated/α-hetero) is 1. The molecule has 0 aliphatic heterocycles. The van der Waals surface area contributed by atoms with E-state index in [1.807, 2.05) is 24.5 Å². The Kier molecular flexibility index (Phi) is 4.35. The van der Waals surface area contributed by atoms with Crippen molar-refractivity contribution in [3.8, 4) is 0 Å². The summed E-state index contributed by atoms with van der Waals surface area (Å²) in [5.41, 5.74) is 0.807. The summed E-state index contributed by atoms with van der Waals surface area (Å²) in [7, 11) is 0. The Morgan fingerprint density at radius 3 is 2.64 bits per heavy atom. The minimum Gasteiger partial charge on any atom is -0.298 e. The number of hydrogen-bond donors (Lipinski definition) is 1. The van der Waals surface area contributed by atoms with E-state index in [1.54, 1.807) is 11.8 Å². The van der Waals surface area contributed by atoms with Crippen molar-refractivity contribution >= 4 is 41.8 Å². The molecule has 0 bridgehead atoms. The molecule has 1 rings (SSSR count). The molecule has 4 heteroatoms. The molecule has 1 unspecified atom stereocenters. The van der Waals surface area contributed by atoms with Crippen LogP contribution in [0.1, 0.15) is 17.9 Å². The summed E-state index contributed by atoms with van der Waals surface area (Å²) in [5.74, 6) is -0.0451. The largest absolute Gasteiger partial charge is 0.298 e. The smallest absolute Gasteiger partial charge is 0.152 e. The molecule has 0 amide bonds. The molecule has 0 aromatic heterocycles. The fourth-order valence-corrected chi connectivity index (χ4v) is 2.20. The molecule has 1 aromatic carbocycles. The molecular formula is C10H11ClOS2. The van der Waals surface area contributed by atoms with Crippen LogP contribution in [0.25, 0.3) is 0 Å². The first kappa shape index (κ1) is 12.0. The summed E-state index contributed by atoms with van der Waals surface area (Å²) in [5, 5.41) is -0.559. The van der Waals surface area contributed by atoms with Crippen LogP contribution in [0.4, 0.5) is 0 Å². The topological polar surface area (TPSA) is 17.1 Å². The van der Waals surface area contributed by atoms with Gasteiger partial charge in [0.15, 0.2) is 5.78 Å². The van der Waals surface area contributed by atoms with Gasteiger partial charge in [0.2, 0.25) is 0 Å². The second-order valence-corrected chi connectivity index (χ2v) is 4.67. The van der Waals surface area contributed by atoms with Gasteiger partial charge in [0, 0.05) is 9.79 Å². The SMILES string of the molecule is CSc1ccc(C(Cl)C(C)=O)cc1S. The van der Waals surface area contributed by atoms with E-state index < -0.39 is 5.38 Å². The van der Waals surface area contributed by atoms with Crippen molar-refractivity contribution in [1.29, 1.82) is 0 Å². The quantitative estimate of drug-likeness (QED) is 0.499. The molecule has 0 aliphatic rings. The Morgan fingerprint density at radius 2 is 2.21 bits per heavy atom. The maximum Gasteiger partial charge on any atom is 0.152 e. The minimum atomic E-state index is -0.559. The molecule has 76 valence electrons.